The van der Waals surface area contributed by atoms with Crippen molar-refractivity contribution in [3.8, 4) is 0 Å². The van der Waals surface area contributed by atoms with Gasteiger partial charge in [0.1, 0.15) is 4.83 Å². The Bertz CT molecular complexity index is 1170. The third kappa shape index (κ3) is 3.43. The number of benzene rings is 2. The predicted octanol–water partition coefficient (Wildman–Crippen LogP) is 5.76. The number of nitrogens with zero attached hydrogens (tertiary/aromatic N) is 2. The molecule has 5 rings (SSSR count). The Morgan fingerprint density at radius 3 is 2.24 bits per heavy atom. The van der Waals surface area contributed by atoms with E-state index in [0.717, 1.165) is 28.2 Å². The van der Waals surface area contributed by atoms with Gasteiger partial charge >= 0.3 is 0 Å². The van der Waals surface area contributed by atoms with Crippen LogP contribution in [0.1, 0.15) is 39.7 Å². The van der Waals surface area contributed by atoms with E-state index in [0.29, 0.717) is 0 Å². The second-order valence-corrected chi connectivity index (χ2v) is 9.62. The molecule has 0 saturated carbocycles. The number of thioether (sulfide) groups is 1. The molecule has 0 fully saturated rings. The van der Waals surface area contributed by atoms with E-state index >= 15 is 0 Å². The minimum atomic E-state index is 0.0857. The van der Waals surface area contributed by atoms with Crippen LogP contribution in [0, 0.1) is 0 Å². The number of fused-ring (bicyclic) bond motifs is 3. The molecule has 0 spiro atoms. The normalized spacial score (nSPS) is 13.7. The van der Waals surface area contributed by atoms with E-state index in [2.05, 4.69) is 48.5 Å². The molecule has 1 aliphatic rings. The summed E-state index contributed by atoms with van der Waals surface area (Å²) in [4.78, 5) is 20.5. The zero-order valence-corrected chi connectivity index (χ0v) is 17.9. The first kappa shape index (κ1) is 18.6. The van der Waals surface area contributed by atoms with Crippen LogP contribution in [-0.2, 0) is 19.9 Å². The van der Waals surface area contributed by atoms with Gasteiger partial charge in [-0.25, -0.2) is 4.98 Å². The Hall–Kier alpha value is -2.37. The van der Waals surface area contributed by atoms with Crippen molar-refractivity contribution in [1.82, 2.24) is 9.55 Å². The van der Waals surface area contributed by atoms with Crippen LogP contribution in [0.3, 0.4) is 0 Å². The summed E-state index contributed by atoms with van der Waals surface area (Å²) < 4.78 is 1.74. The Kier molecular flexibility index (Phi) is 5.02. The minimum absolute atomic E-state index is 0.0857. The summed E-state index contributed by atoms with van der Waals surface area (Å²) in [7, 11) is 1.86. The van der Waals surface area contributed by atoms with Crippen molar-refractivity contribution in [3.05, 3.63) is 92.6 Å². The molecule has 2 aromatic carbocycles. The maximum absolute atomic E-state index is 13.3. The summed E-state index contributed by atoms with van der Waals surface area (Å²) in [5.74, 6) is 0. The molecular formula is C24H22N2OS2. The second kappa shape index (κ2) is 7.81. The van der Waals surface area contributed by atoms with Crippen molar-refractivity contribution >= 4 is 33.3 Å². The largest absolute Gasteiger partial charge is 0.290 e. The molecule has 146 valence electrons. The van der Waals surface area contributed by atoms with Gasteiger partial charge in [0.05, 0.1) is 10.6 Å². The summed E-state index contributed by atoms with van der Waals surface area (Å²) in [6.07, 6.45) is 4.47. The zero-order chi connectivity index (χ0) is 19.8. The van der Waals surface area contributed by atoms with Crippen molar-refractivity contribution in [2.45, 2.75) is 36.1 Å². The van der Waals surface area contributed by atoms with Crippen LogP contribution in [-0.4, -0.2) is 9.55 Å². The van der Waals surface area contributed by atoms with E-state index in [1.165, 1.54) is 34.4 Å². The van der Waals surface area contributed by atoms with E-state index in [1.807, 2.05) is 19.2 Å². The monoisotopic (exact) mass is 418 g/mol. The van der Waals surface area contributed by atoms with Gasteiger partial charge in [0.2, 0.25) is 0 Å². The van der Waals surface area contributed by atoms with Gasteiger partial charge in [0, 0.05) is 11.9 Å². The van der Waals surface area contributed by atoms with Gasteiger partial charge in [-0.2, -0.15) is 0 Å². The fraction of sp³-hybridized carbons (Fsp3) is 0.250. The van der Waals surface area contributed by atoms with Crippen molar-refractivity contribution in [1.29, 1.82) is 0 Å². The molecule has 0 atom stereocenters. The molecule has 0 aliphatic heterocycles. The highest BCUT2D eigenvalue weighted by molar-refractivity contribution is 7.99. The average molecular weight is 419 g/mol. The smallest absolute Gasteiger partial charge is 0.262 e. The van der Waals surface area contributed by atoms with Crippen LogP contribution in [0.25, 0.3) is 10.2 Å². The summed E-state index contributed by atoms with van der Waals surface area (Å²) in [5, 5.41) is 1.72. The molecule has 2 heterocycles. The molecule has 0 N–H and O–H groups in total. The third-order valence-electron chi connectivity index (χ3n) is 5.58. The third-order valence-corrected chi connectivity index (χ3v) is 8.12. The van der Waals surface area contributed by atoms with Crippen LogP contribution in [0.4, 0.5) is 0 Å². The quantitative estimate of drug-likeness (QED) is 0.312. The highest BCUT2D eigenvalue weighted by Crippen LogP contribution is 2.41. The van der Waals surface area contributed by atoms with E-state index in [9.17, 15) is 4.79 Å². The van der Waals surface area contributed by atoms with E-state index in [1.54, 1.807) is 27.7 Å². The SMILES string of the molecule is Cn1c(SC(c2ccccc2)c2ccccc2)nc2sc3c(c2c1=O)CCCC3. The van der Waals surface area contributed by atoms with Crippen LogP contribution >= 0.6 is 23.1 Å². The molecule has 0 radical (unpaired) electrons. The molecule has 0 unspecified atom stereocenters. The lowest BCUT2D eigenvalue weighted by molar-refractivity contribution is 0.695. The Labute approximate surface area is 178 Å². The number of aryl methyl sites for hydroxylation is 2. The van der Waals surface area contributed by atoms with Gasteiger partial charge in [-0.1, -0.05) is 72.4 Å². The number of thiophene rings is 1. The first-order chi connectivity index (χ1) is 14.2. The fourth-order valence-corrected chi connectivity index (χ4v) is 6.55. The molecule has 0 saturated heterocycles. The van der Waals surface area contributed by atoms with Crippen molar-refractivity contribution in [2.75, 3.05) is 0 Å². The molecule has 1 aliphatic carbocycles. The Balaban J connectivity index is 1.62. The highest BCUT2D eigenvalue weighted by atomic mass is 32.2. The first-order valence-corrected chi connectivity index (χ1v) is 11.7. The highest BCUT2D eigenvalue weighted by Gasteiger charge is 2.23. The van der Waals surface area contributed by atoms with Gasteiger partial charge in [-0.3, -0.25) is 9.36 Å². The molecule has 5 heteroatoms. The standard InChI is InChI=1S/C24H22N2OS2/c1-26-23(27)20-18-14-8-9-15-19(18)28-22(20)25-24(26)29-21(16-10-4-2-5-11-16)17-12-6-3-7-13-17/h2-7,10-13,21H,8-9,14-15H2,1H3. The van der Waals surface area contributed by atoms with Crippen LogP contribution in [0.5, 0.6) is 0 Å². The molecule has 29 heavy (non-hydrogen) atoms. The second-order valence-electron chi connectivity index (χ2n) is 7.47. The molecule has 2 aromatic heterocycles. The molecule has 3 nitrogen and oxygen atoms in total. The maximum Gasteiger partial charge on any atom is 0.262 e. The van der Waals surface area contributed by atoms with E-state index in [-0.39, 0.29) is 10.8 Å². The number of hydrogen-bond acceptors (Lipinski definition) is 4. The van der Waals surface area contributed by atoms with Crippen molar-refractivity contribution < 1.29 is 0 Å². The predicted molar refractivity (Wildman–Crippen MR) is 122 cm³/mol. The van der Waals surface area contributed by atoms with Gasteiger partial charge in [-0.05, 0) is 42.4 Å². The Morgan fingerprint density at radius 2 is 1.59 bits per heavy atom. The van der Waals surface area contributed by atoms with Crippen molar-refractivity contribution in [3.63, 3.8) is 0 Å². The van der Waals surface area contributed by atoms with Crippen molar-refractivity contribution in [2.24, 2.45) is 7.05 Å². The van der Waals surface area contributed by atoms with Gasteiger partial charge in [-0.15, -0.1) is 11.3 Å². The molecule has 4 aromatic rings. The Morgan fingerprint density at radius 1 is 0.966 bits per heavy atom. The summed E-state index contributed by atoms with van der Waals surface area (Å²) in [6.45, 7) is 0. The number of rotatable bonds is 4. The maximum atomic E-state index is 13.3. The average Bonchev–Trinajstić information content (AvgIpc) is 3.15. The van der Waals surface area contributed by atoms with Gasteiger partial charge in [0.15, 0.2) is 5.16 Å². The molecule has 0 amide bonds. The lowest BCUT2D eigenvalue weighted by atomic mass is 9.97. The first-order valence-electron chi connectivity index (χ1n) is 10.00. The molecular weight excluding hydrogens is 396 g/mol. The van der Waals surface area contributed by atoms with Crippen LogP contribution in [0.15, 0.2) is 70.6 Å². The lowest BCUT2D eigenvalue weighted by Crippen LogP contribution is -2.21. The van der Waals surface area contributed by atoms with Gasteiger partial charge < -0.3 is 0 Å². The number of aromatic nitrogens is 2. The zero-order valence-electron chi connectivity index (χ0n) is 16.3. The topological polar surface area (TPSA) is 34.9 Å². The van der Waals surface area contributed by atoms with Crippen LogP contribution < -0.4 is 5.56 Å². The van der Waals surface area contributed by atoms with Crippen LogP contribution in [0.2, 0.25) is 0 Å². The number of hydrogen-bond donors (Lipinski definition) is 0. The summed E-state index contributed by atoms with van der Waals surface area (Å²) in [6, 6.07) is 20.9. The minimum Gasteiger partial charge on any atom is -0.290 e. The van der Waals surface area contributed by atoms with E-state index in [4.69, 9.17) is 4.98 Å². The summed E-state index contributed by atoms with van der Waals surface area (Å²) in [5.41, 5.74) is 3.77. The fourth-order valence-electron chi connectivity index (χ4n) is 4.06. The van der Waals surface area contributed by atoms with E-state index < -0.39 is 0 Å². The van der Waals surface area contributed by atoms with Gasteiger partial charge in [0.25, 0.3) is 5.56 Å². The molecule has 0 bridgehead atoms. The summed E-state index contributed by atoms with van der Waals surface area (Å²) >= 11 is 3.37. The lowest BCUT2D eigenvalue weighted by Gasteiger charge is -2.18.